The number of nitrogens with one attached hydrogen (secondary N) is 1. The number of thiophene rings is 1. The molecule has 0 aliphatic rings. The third-order valence-corrected chi connectivity index (χ3v) is 3.94. The number of nitrogens with zero attached hydrogens (tertiary/aromatic N) is 2. The highest BCUT2D eigenvalue weighted by molar-refractivity contribution is 7.13. The van der Waals surface area contributed by atoms with Crippen molar-refractivity contribution in [3.8, 4) is 10.6 Å². The first-order chi connectivity index (χ1) is 10.8. The largest absolute Gasteiger partial charge is 0.359 e. The van der Waals surface area contributed by atoms with Crippen LogP contribution in [-0.4, -0.2) is 16.2 Å². The zero-order valence-electron chi connectivity index (χ0n) is 12.0. The monoisotopic (exact) mass is 317 g/mol. The molecule has 0 unspecified atom stereocenters. The van der Waals surface area contributed by atoms with Gasteiger partial charge in [-0.2, -0.15) is 0 Å². The Bertz CT molecular complexity index is 746. The second-order valence-corrected chi connectivity index (χ2v) is 5.72. The molecule has 3 aromatic rings. The molecule has 22 heavy (non-hydrogen) atoms. The van der Waals surface area contributed by atoms with E-state index in [0.29, 0.717) is 11.5 Å². The van der Waals surface area contributed by atoms with Gasteiger partial charge in [-0.05, 0) is 17.9 Å². The molecule has 0 aromatic carbocycles. The maximum Gasteiger partial charge on any atom is 0.290 e. The molecule has 0 fully saturated rings. The molecule has 0 bridgehead atoms. The fourth-order valence-corrected chi connectivity index (χ4v) is 2.67. The van der Waals surface area contributed by atoms with Crippen LogP contribution in [0.5, 0.6) is 0 Å². The van der Waals surface area contributed by atoms with Gasteiger partial charge in [-0.1, -0.05) is 29.7 Å². The Balaban J connectivity index is 1.60. The molecule has 0 saturated carbocycles. The van der Waals surface area contributed by atoms with E-state index in [0.717, 1.165) is 23.4 Å². The molecule has 3 heterocycles. The molecular formula is C15H15N3O3S. The molecule has 0 aliphatic heterocycles. The van der Waals surface area contributed by atoms with E-state index in [2.05, 4.69) is 22.6 Å². The quantitative estimate of drug-likeness (QED) is 0.754. The van der Waals surface area contributed by atoms with Crippen molar-refractivity contribution < 1.29 is 13.8 Å². The summed E-state index contributed by atoms with van der Waals surface area (Å²) in [6, 6.07) is 7.32. The van der Waals surface area contributed by atoms with E-state index in [4.69, 9.17) is 9.05 Å². The summed E-state index contributed by atoms with van der Waals surface area (Å²) in [4.78, 5) is 13.0. The van der Waals surface area contributed by atoms with E-state index in [1.807, 2.05) is 23.6 Å². The maximum absolute atomic E-state index is 12.0. The number of aromatic nitrogens is 2. The van der Waals surface area contributed by atoms with Crippen LogP contribution in [-0.2, 0) is 13.0 Å². The van der Waals surface area contributed by atoms with Crippen LogP contribution in [0.2, 0.25) is 0 Å². The van der Waals surface area contributed by atoms with E-state index in [1.165, 1.54) is 0 Å². The van der Waals surface area contributed by atoms with Crippen LogP contribution in [0.4, 0.5) is 0 Å². The molecule has 7 heteroatoms. The molecule has 0 saturated heterocycles. The second-order valence-electron chi connectivity index (χ2n) is 4.77. The van der Waals surface area contributed by atoms with Crippen molar-refractivity contribution in [3.63, 3.8) is 0 Å². The first-order valence-electron chi connectivity index (χ1n) is 6.99. The minimum Gasteiger partial charge on any atom is -0.359 e. The molecule has 3 rings (SSSR count). The van der Waals surface area contributed by atoms with Gasteiger partial charge in [0.05, 0.1) is 17.1 Å². The zero-order chi connectivity index (χ0) is 15.4. The van der Waals surface area contributed by atoms with Crippen LogP contribution in [0.15, 0.2) is 38.7 Å². The highest BCUT2D eigenvalue weighted by Crippen LogP contribution is 2.23. The van der Waals surface area contributed by atoms with Crippen LogP contribution in [0.25, 0.3) is 10.6 Å². The topological polar surface area (TPSA) is 81.2 Å². The first-order valence-corrected chi connectivity index (χ1v) is 7.87. The lowest BCUT2D eigenvalue weighted by Crippen LogP contribution is -2.21. The average molecular weight is 317 g/mol. The van der Waals surface area contributed by atoms with Crippen molar-refractivity contribution in [2.45, 2.75) is 26.3 Å². The minimum absolute atomic E-state index is 0.177. The number of hydrogen-bond acceptors (Lipinski definition) is 6. The Morgan fingerprint density at radius 1 is 1.32 bits per heavy atom. The third-order valence-electron chi connectivity index (χ3n) is 3.04. The summed E-state index contributed by atoms with van der Waals surface area (Å²) in [5, 5.41) is 12.5. The van der Waals surface area contributed by atoms with Crippen molar-refractivity contribution in [2.75, 3.05) is 0 Å². The van der Waals surface area contributed by atoms with E-state index < -0.39 is 0 Å². The lowest BCUT2D eigenvalue weighted by Gasteiger charge is -1.97. The minimum atomic E-state index is -0.330. The van der Waals surface area contributed by atoms with Gasteiger partial charge in [-0.15, -0.1) is 11.3 Å². The molecular weight excluding hydrogens is 302 g/mol. The molecule has 0 spiro atoms. The lowest BCUT2D eigenvalue weighted by molar-refractivity contribution is 0.0910. The molecule has 114 valence electrons. The highest BCUT2D eigenvalue weighted by atomic mass is 32.1. The molecule has 0 radical (unpaired) electrons. The van der Waals surface area contributed by atoms with Gasteiger partial charge in [0, 0.05) is 12.1 Å². The summed E-state index contributed by atoms with van der Waals surface area (Å²) < 4.78 is 10.2. The number of carbonyl (C=O) groups is 1. The molecule has 1 amide bonds. The van der Waals surface area contributed by atoms with Gasteiger partial charge in [0.1, 0.15) is 5.69 Å². The summed E-state index contributed by atoms with van der Waals surface area (Å²) in [6.45, 7) is 2.34. The summed E-state index contributed by atoms with van der Waals surface area (Å²) in [5.41, 5.74) is 1.55. The predicted octanol–water partition coefficient (Wildman–Crippen LogP) is 3.27. The standard InChI is InChI=1S/C15H15N3O3S/c1-2-4-10-7-11(20-17-10)9-16-15(19)13-8-12(18-21-13)14-5-3-6-22-14/h3,5-8H,2,4,9H2,1H3,(H,16,19). The number of amides is 1. The van der Waals surface area contributed by atoms with E-state index in [9.17, 15) is 4.79 Å². The van der Waals surface area contributed by atoms with Crippen LogP contribution >= 0.6 is 11.3 Å². The van der Waals surface area contributed by atoms with Crippen molar-refractivity contribution in [1.82, 2.24) is 15.6 Å². The molecule has 0 aliphatic carbocycles. The molecule has 3 aromatic heterocycles. The average Bonchev–Trinajstić information content (AvgIpc) is 3.25. The van der Waals surface area contributed by atoms with Gasteiger partial charge in [-0.3, -0.25) is 4.79 Å². The maximum atomic E-state index is 12.0. The summed E-state index contributed by atoms with van der Waals surface area (Å²) in [6.07, 6.45) is 1.87. The zero-order valence-corrected chi connectivity index (χ0v) is 12.9. The van der Waals surface area contributed by atoms with Gasteiger partial charge in [0.15, 0.2) is 5.76 Å². The molecule has 6 nitrogen and oxygen atoms in total. The van der Waals surface area contributed by atoms with Crippen molar-refractivity contribution >= 4 is 17.2 Å². The first kappa shape index (κ1) is 14.5. The SMILES string of the molecule is CCCc1cc(CNC(=O)c2cc(-c3cccs3)no2)on1. The fourth-order valence-electron chi connectivity index (χ4n) is 1.99. The van der Waals surface area contributed by atoms with Crippen molar-refractivity contribution in [3.05, 3.63) is 46.9 Å². The Hall–Kier alpha value is -2.41. The van der Waals surface area contributed by atoms with Gasteiger partial charge in [-0.25, -0.2) is 0 Å². The normalized spacial score (nSPS) is 10.8. The Kier molecular flexibility index (Phi) is 4.34. The highest BCUT2D eigenvalue weighted by Gasteiger charge is 2.15. The van der Waals surface area contributed by atoms with Gasteiger partial charge in [0.2, 0.25) is 5.76 Å². The Morgan fingerprint density at radius 2 is 2.23 bits per heavy atom. The van der Waals surface area contributed by atoms with Gasteiger partial charge >= 0.3 is 0 Å². The second kappa shape index (κ2) is 6.57. The third kappa shape index (κ3) is 3.25. The Morgan fingerprint density at radius 3 is 3.00 bits per heavy atom. The predicted molar refractivity (Wildman–Crippen MR) is 81.5 cm³/mol. The lowest BCUT2D eigenvalue weighted by atomic mass is 10.2. The number of aryl methyl sites for hydroxylation is 1. The summed E-state index contributed by atoms with van der Waals surface area (Å²) >= 11 is 1.54. The van der Waals surface area contributed by atoms with E-state index in [-0.39, 0.29) is 18.2 Å². The van der Waals surface area contributed by atoms with Crippen LogP contribution < -0.4 is 5.32 Å². The summed E-state index contributed by atoms with van der Waals surface area (Å²) in [7, 11) is 0. The van der Waals surface area contributed by atoms with Crippen molar-refractivity contribution in [1.29, 1.82) is 0 Å². The molecule has 0 atom stereocenters. The number of rotatable bonds is 6. The van der Waals surface area contributed by atoms with Gasteiger partial charge < -0.3 is 14.4 Å². The fraction of sp³-hybridized carbons (Fsp3) is 0.267. The number of hydrogen-bond donors (Lipinski definition) is 1. The Labute approximate surface area is 131 Å². The van der Waals surface area contributed by atoms with Crippen molar-refractivity contribution in [2.24, 2.45) is 0 Å². The van der Waals surface area contributed by atoms with Crippen LogP contribution in [0.3, 0.4) is 0 Å². The van der Waals surface area contributed by atoms with Gasteiger partial charge in [0.25, 0.3) is 5.91 Å². The molecule has 1 N–H and O–H groups in total. The van der Waals surface area contributed by atoms with E-state index in [1.54, 1.807) is 17.4 Å². The summed E-state index contributed by atoms with van der Waals surface area (Å²) in [5.74, 6) is 0.468. The van der Waals surface area contributed by atoms with E-state index >= 15 is 0 Å². The number of carbonyl (C=O) groups excluding carboxylic acids is 1. The smallest absolute Gasteiger partial charge is 0.290 e. The van der Waals surface area contributed by atoms with Crippen LogP contribution in [0, 0.1) is 0 Å². The van der Waals surface area contributed by atoms with Crippen LogP contribution in [0.1, 0.15) is 35.4 Å².